The molecule has 0 aliphatic heterocycles. The first-order valence-electron chi connectivity index (χ1n) is 4.69. The van der Waals surface area contributed by atoms with Crippen LogP contribution >= 0.6 is 46.6 Å². The molecule has 0 spiro atoms. The van der Waals surface area contributed by atoms with Gasteiger partial charge in [0.1, 0.15) is 10.2 Å². The predicted octanol–water partition coefficient (Wildman–Crippen LogP) is 4.90. The Hall–Kier alpha value is -0.480. The van der Waals surface area contributed by atoms with Crippen LogP contribution in [0.5, 0.6) is 0 Å². The van der Waals surface area contributed by atoms with Gasteiger partial charge in [-0.25, -0.2) is 9.97 Å². The lowest BCUT2D eigenvalue weighted by atomic mass is 10.4. The zero-order chi connectivity index (χ0) is 12.4. The van der Waals surface area contributed by atoms with Gasteiger partial charge in [-0.1, -0.05) is 52.6 Å². The molecule has 1 aromatic heterocycles. The number of hydrogen-bond acceptors (Lipinski definition) is 3. The molecule has 0 atom stereocenters. The minimum Gasteiger partial charge on any atom is -0.244 e. The Morgan fingerprint density at radius 1 is 1.18 bits per heavy atom. The molecule has 88 valence electrons. The second-order valence-electron chi connectivity index (χ2n) is 3.24. The van der Waals surface area contributed by atoms with E-state index in [1.54, 1.807) is 6.07 Å². The number of benzene rings is 1. The number of hydrogen-bond donors (Lipinski definition) is 0. The number of aromatic nitrogens is 2. The number of rotatable bonds is 2. The normalized spacial score (nSPS) is 10.6. The lowest BCUT2D eigenvalue weighted by Crippen LogP contribution is -1.90. The van der Waals surface area contributed by atoms with Gasteiger partial charge in [-0.05, 0) is 19.1 Å². The number of halogens is 3. The third-order valence-electron chi connectivity index (χ3n) is 2.00. The van der Waals surface area contributed by atoms with Crippen LogP contribution in [0.1, 0.15) is 5.69 Å². The van der Waals surface area contributed by atoms with Crippen molar-refractivity contribution in [2.24, 2.45) is 0 Å². The van der Waals surface area contributed by atoms with E-state index in [1.807, 2.05) is 19.1 Å². The van der Waals surface area contributed by atoms with E-state index in [-0.39, 0.29) is 0 Å². The Bertz CT molecular complexity index is 560. The molecule has 2 rings (SSSR count). The van der Waals surface area contributed by atoms with Gasteiger partial charge in [0.25, 0.3) is 0 Å². The average molecular weight is 306 g/mol. The monoisotopic (exact) mass is 304 g/mol. The summed E-state index contributed by atoms with van der Waals surface area (Å²) in [7, 11) is 0. The van der Waals surface area contributed by atoms with Crippen molar-refractivity contribution in [1.29, 1.82) is 0 Å². The Balaban J connectivity index is 2.35. The van der Waals surface area contributed by atoms with Gasteiger partial charge < -0.3 is 0 Å². The second kappa shape index (κ2) is 5.44. The fourth-order valence-corrected chi connectivity index (χ4v) is 2.71. The average Bonchev–Trinajstić information content (AvgIpc) is 2.28. The number of aryl methyl sites for hydroxylation is 1. The summed E-state index contributed by atoms with van der Waals surface area (Å²) in [5.41, 5.74) is 0.763. The molecule has 2 nitrogen and oxygen atoms in total. The Morgan fingerprint density at radius 3 is 2.65 bits per heavy atom. The quantitative estimate of drug-likeness (QED) is 0.789. The van der Waals surface area contributed by atoms with Crippen LogP contribution in [-0.2, 0) is 0 Å². The van der Waals surface area contributed by atoms with Crippen LogP contribution < -0.4 is 0 Å². The lowest BCUT2D eigenvalue weighted by Gasteiger charge is -2.06. The maximum atomic E-state index is 6.10. The van der Waals surface area contributed by atoms with Crippen LogP contribution in [0, 0.1) is 6.92 Å². The SMILES string of the molecule is Cc1nc(Cl)cnc1Sc1cccc(Cl)c1Cl. The highest BCUT2D eigenvalue weighted by Crippen LogP contribution is 2.37. The van der Waals surface area contributed by atoms with Gasteiger partial charge in [-0.3, -0.25) is 0 Å². The largest absolute Gasteiger partial charge is 0.244 e. The summed E-state index contributed by atoms with van der Waals surface area (Å²) in [6, 6.07) is 5.47. The van der Waals surface area contributed by atoms with Crippen LogP contribution in [0.4, 0.5) is 0 Å². The van der Waals surface area contributed by atoms with Crippen LogP contribution in [0.15, 0.2) is 34.3 Å². The van der Waals surface area contributed by atoms with Crippen LogP contribution in [0.25, 0.3) is 0 Å². The van der Waals surface area contributed by atoms with Gasteiger partial charge >= 0.3 is 0 Å². The Labute approximate surface area is 118 Å². The van der Waals surface area contributed by atoms with Crippen molar-refractivity contribution < 1.29 is 0 Å². The number of nitrogens with zero attached hydrogens (tertiary/aromatic N) is 2. The molecular formula is C11H7Cl3N2S. The summed E-state index contributed by atoms with van der Waals surface area (Å²) in [6.45, 7) is 1.85. The van der Waals surface area contributed by atoms with E-state index in [1.165, 1.54) is 18.0 Å². The molecule has 1 aromatic carbocycles. The van der Waals surface area contributed by atoms with Gasteiger partial charge in [-0.2, -0.15) is 0 Å². The summed E-state index contributed by atoms with van der Waals surface area (Å²) >= 11 is 19.2. The molecule has 0 radical (unpaired) electrons. The van der Waals surface area contributed by atoms with Crippen molar-refractivity contribution in [1.82, 2.24) is 9.97 Å². The first-order chi connectivity index (χ1) is 8.08. The van der Waals surface area contributed by atoms with Crippen molar-refractivity contribution in [3.05, 3.63) is 45.3 Å². The third kappa shape index (κ3) is 3.05. The van der Waals surface area contributed by atoms with Crippen molar-refractivity contribution >= 4 is 46.6 Å². The van der Waals surface area contributed by atoms with Crippen LogP contribution in [0.2, 0.25) is 15.2 Å². The topological polar surface area (TPSA) is 25.8 Å². The second-order valence-corrected chi connectivity index (χ2v) is 5.44. The summed E-state index contributed by atoms with van der Waals surface area (Å²) in [5, 5.41) is 2.19. The molecule has 0 aliphatic carbocycles. The fourth-order valence-electron chi connectivity index (χ4n) is 1.21. The minimum absolute atomic E-state index is 0.379. The summed E-state index contributed by atoms with van der Waals surface area (Å²) in [6.07, 6.45) is 1.51. The molecule has 2 aromatic rings. The van der Waals surface area contributed by atoms with Crippen molar-refractivity contribution in [3.63, 3.8) is 0 Å². The molecule has 1 heterocycles. The zero-order valence-electron chi connectivity index (χ0n) is 8.75. The maximum Gasteiger partial charge on any atom is 0.147 e. The molecule has 6 heteroatoms. The van der Waals surface area contributed by atoms with E-state index < -0.39 is 0 Å². The molecule has 0 unspecified atom stereocenters. The zero-order valence-corrected chi connectivity index (χ0v) is 11.8. The van der Waals surface area contributed by atoms with Gasteiger partial charge in [0.05, 0.1) is 21.9 Å². The molecule has 0 saturated carbocycles. The van der Waals surface area contributed by atoms with Crippen LogP contribution in [0.3, 0.4) is 0 Å². The van der Waals surface area contributed by atoms with E-state index in [2.05, 4.69) is 9.97 Å². The molecule has 17 heavy (non-hydrogen) atoms. The molecule has 0 amide bonds. The summed E-state index contributed by atoms with van der Waals surface area (Å²) in [5.74, 6) is 0. The third-order valence-corrected chi connectivity index (χ3v) is 4.26. The minimum atomic E-state index is 0.379. The van der Waals surface area contributed by atoms with Crippen molar-refractivity contribution in [3.8, 4) is 0 Å². The summed E-state index contributed by atoms with van der Waals surface area (Å²) in [4.78, 5) is 9.18. The molecule has 0 N–H and O–H groups in total. The molecular weight excluding hydrogens is 299 g/mol. The molecule has 0 aliphatic rings. The highest BCUT2D eigenvalue weighted by atomic mass is 35.5. The molecule has 0 fully saturated rings. The first kappa shape index (κ1) is 13.0. The van der Waals surface area contributed by atoms with E-state index in [0.29, 0.717) is 15.2 Å². The standard InChI is InChI=1S/C11H7Cl3N2S/c1-6-11(15-5-9(13)16-6)17-8-4-2-3-7(12)10(8)14/h2-5H,1H3. The van der Waals surface area contributed by atoms with Gasteiger partial charge in [0.15, 0.2) is 0 Å². The predicted molar refractivity (Wildman–Crippen MR) is 72.4 cm³/mol. The van der Waals surface area contributed by atoms with Crippen molar-refractivity contribution in [2.45, 2.75) is 16.8 Å². The smallest absolute Gasteiger partial charge is 0.147 e. The first-order valence-corrected chi connectivity index (χ1v) is 6.64. The highest BCUT2D eigenvalue weighted by Gasteiger charge is 2.09. The molecule has 0 saturated heterocycles. The summed E-state index contributed by atoms with van der Waals surface area (Å²) < 4.78 is 0. The van der Waals surface area contributed by atoms with Crippen LogP contribution in [-0.4, -0.2) is 9.97 Å². The lowest BCUT2D eigenvalue weighted by molar-refractivity contribution is 0.986. The highest BCUT2D eigenvalue weighted by molar-refractivity contribution is 7.99. The van der Waals surface area contributed by atoms with Gasteiger partial charge in [0.2, 0.25) is 0 Å². The van der Waals surface area contributed by atoms with E-state index in [4.69, 9.17) is 34.8 Å². The van der Waals surface area contributed by atoms with Crippen molar-refractivity contribution in [2.75, 3.05) is 0 Å². The van der Waals surface area contributed by atoms with E-state index in [9.17, 15) is 0 Å². The van der Waals surface area contributed by atoms with E-state index >= 15 is 0 Å². The maximum absolute atomic E-state index is 6.10. The van der Waals surface area contributed by atoms with Gasteiger partial charge in [0, 0.05) is 4.90 Å². The van der Waals surface area contributed by atoms with Gasteiger partial charge in [-0.15, -0.1) is 0 Å². The fraction of sp³-hybridized carbons (Fsp3) is 0.0909. The Morgan fingerprint density at radius 2 is 1.94 bits per heavy atom. The van der Waals surface area contributed by atoms with E-state index in [0.717, 1.165) is 15.6 Å². The Kier molecular flexibility index (Phi) is 4.15. The molecule has 0 bridgehead atoms.